The number of aromatic nitrogens is 1. The fraction of sp³-hybridized carbons (Fsp3) is 0.286. The highest BCUT2D eigenvalue weighted by Crippen LogP contribution is 2.38. The Morgan fingerprint density at radius 3 is 2.44 bits per heavy atom. The quantitative estimate of drug-likeness (QED) is 0.186. The Kier molecular flexibility index (Phi) is 7.66. The summed E-state index contributed by atoms with van der Waals surface area (Å²) in [7, 11) is 0. The maximum absolute atomic E-state index is 15.5. The highest BCUT2D eigenvalue weighted by atomic mass is 19.1. The molecule has 230 valence electrons. The molecule has 7 rings (SSSR count). The summed E-state index contributed by atoms with van der Waals surface area (Å²) in [6.07, 6.45) is 2.72. The molecule has 0 spiro atoms. The van der Waals surface area contributed by atoms with Gasteiger partial charge in [0.15, 0.2) is 5.78 Å². The van der Waals surface area contributed by atoms with Gasteiger partial charge in [-0.25, -0.2) is 18.6 Å². The third kappa shape index (κ3) is 6.10. The number of halogens is 2. The summed E-state index contributed by atoms with van der Waals surface area (Å²) >= 11 is 0. The first kappa shape index (κ1) is 28.9. The highest BCUT2D eigenvalue weighted by molar-refractivity contribution is 5.99. The van der Waals surface area contributed by atoms with Gasteiger partial charge in [0.1, 0.15) is 24.4 Å². The molecular formula is C35H31F2N3O5. The minimum atomic E-state index is -1.01. The zero-order valence-corrected chi connectivity index (χ0v) is 24.3. The van der Waals surface area contributed by atoms with Gasteiger partial charge in [0, 0.05) is 48.2 Å². The molecule has 10 heteroatoms. The maximum Gasteiger partial charge on any atom is 0.335 e. The van der Waals surface area contributed by atoms with Gasteiger partial charge in [-0.2, -0.15) is 0 Å². The normalized spacial score (nSPS) is 18.6. The zero-order valence-electron chi connectivity index (χ0n) is 24.3. The van der Waals surface area contributed by atoms with Crippen LogP contribution in [0.1, 0.15) is 51.1 Å². The van der Waals surface area contributed by atoms with E-state index in [9.17, 15) is 19.1 Å². The number of rotatable bonds is 11. The number of carbonyl (C=O) groups excluding carboxylic acids is 1. The molecule has 2 unspecified atom stereocenters. The molecule has 4 aromatic rings. The lowest BCUT2D eigenvalue weighted by molar-refractivity contribution is -0.0449. The standard InChI is InChI=1S/C35H31F2N3O5/c36-27-14-22(29-2-1-3-33(39-29)45-19-25-9-8-23(15-28(25)37)34(41)20-4-5-20)7-6-21(27)17-32-38-30-11-10-24(35(42)43)16-31(30)40(32)18-26-12-13-44-26/h1-3,6-11,14-16,20,26,32,38H,4-5,12-13,17-19H2,(H,42,43). The van der Waals surface area contributed by atoms with Crippen molar-refractivity contribution in [3.05, 3.63) is 107 Å². The molecule has 1 aliphatic carbocycles. The van der Waals surface area contributed by atoms with Gasteiger partial charge in [-0.15, -0.1) is 0 Å². The van der Waals surface area contributed by atoms with Gasteiger partial charge in [-0.3, -0.25) is 4.79 Å². The number of carbonyl (C=O) groups is 2. The van der Waals surface area contributed by atoms with Crippen LogP contribution in [-0.2, 0) is 17.8 Å². The van der Waals surface area contributed by atoms with Crippen LogP contribution in [0.15, 0.2) is 72.8 Å². The van der Waals surface area contributed by atoms with Crippen molar-refractivity contribution in [1.82, 2.24) is 4.98 Å². The van der Waals surface area contributed by atoms with Gasteiger partial charge in [-0.05, 0) is 61.2 Å². The van der Waals surface area contributed by atoms with Gasteiger partial charge in [0.05, 0.1) is 28.7 Å². The third-order valence-electron chi connectivity index (χ3n) is 8.59. The monoisotopic (exact) mass is 611 g/mol. The number of nitrogens with zero attached hydrogens (tertiary/aromatic N) is 2. The Hall–Kier alpha value is -4.83. The molecular weight excluding hydrogens is 580 g/mol. The van der Waals surface area contributed by atoms with E-state index >= 15 is 4.39 Å². The van der Waals surface area contributed by atoms with Gasteiger partial charge in [-0.1, -0.05) is 30.3 Å². The molecule has 1 aromatic heterocycles. The van der Waals surface area contributed by atoms with E-state index in [4.69, 9.17) is 9.47 Å². The molecule has 1 saturated heterocycles. The zero-order chi connectivity index (χ0) is 31.1. The molecule has 45 heavy (non-hydrogen) atoms. The van der Waals surface area contributed by atoms with E-state index in [2.05, 4.69) is 15.2 Å². The van der Waals surface area contributed by atoms with Crippen molar-refractivity contribution >= 4 is 23.1 Å². The van der Waals surface area contributed by atoms with Gasteiger partial charge < -0.3 is 24.8 Å². The van der Waals surface area contributed by atoms with Crippen molar-refractivity contribution in [2.45, 2.75) is 44.6 Å². The number of benzene rings is 3. The molecule has 3 heterocycles. The average Bonchev–Trinajstić information content (AvgIpc) is 3.81. The van der Waals surface area contributed by atoms with Crippen molar-refractivity contribution in [2.75, 3.05) is 23.4 Å². The predicted octanol–water partition coefficient (Wildman–Crippen LogP) is 6.49. The Bertz CT molecular complexity index is 1790. The molecule has 1 saturated carbocycles. The lowest BCUT2D eigenvalue weighted by Gasteiger charge is -2.35. The minimum absolute atomic E-state index is 0.0181. The number of hydrogen-bond donors (Lipinski definition) is 2. The molecule has 8 nitrogen and oxygen atoms in total. The van der Waals surface area contributed by atoms with E-state index in [0.29, 0.717) is 47.5 Å². The van der Waals surface area contributed by atoms with Crippen LogP contribution in [0.25, 0.3) is 11.3 Å². The van der Waals surface area contributed by atoms with Crippen molar-refractivity contribution in [3.63, 3.8) is 0 Å². The molecule has 0 bridgehead atoms. The second-order valence-electron chi connectivity index (χ2n) is 11.7. The van der Waals surface area contributed by atoms with Crippen molar-refractivity contribution < 1.29 is 33.0 Å². The first-order valence-corrected chi connectivity index (χ1v) is 15.1. The largest absolute Gasteiger partial charge is 0.478 e. The Morgan fingerprint density at radius 2 is 1.73 bits per heavy atom. The van der Waals surface area contributed by atoms with Crippen LogP contribution in [0.5, 0.6) is 5.88 Å². The van der Waals surface area contributed by atoms with Crippen LogP contribution in [0.4, 0.5) is 20.2 Å². The number of hydrogen-bond acceptors (Lipinski definition) is 7. The van der Waals surface area contributed by atoms with Crippen LogP contribution in [0.2, 0.25) is 0 Å². The number of pyridine rings is 1. The SMILES string of the molecule is O=C(O)c1ccc2c(c1)N(CC1CCO1)C(Cc1ccc(-c3cccc(OCc4ccc(C(=O)C5CC5)cc4F)n3)cc1F)N2. The molecule has 2 atom stereocenters. The van der Waals surface area contributed by atoms with Crippen LogP contribution in [0.3, 0.4) is 0 Å². The minimum Gasteiger partial charge on any atom is -0.478 e. The fourth-order valence-electron chi connectivity index (χ4n) is 5.77. The Balaban J connectivity index is 1.04. The number of ketones is 1. The molecule has 0 amide bonds. The van der Waals surface area contributed by atoms with Crippen LogP contribution in [0, 0.1) is 17.6 Å². The molecule has 3 aromatic carbocycles. The second-order valence-corrected chi connectivity index (χ2v) is 11.7. The lowest BCUT2D eigenvalue weighted by Crippen LogP contribution is -2.46. The molecule has 2 fully saturated rings. The lowest BCUT2D eigenvalue weighted by atomic mass is 10.0. The van der Waals surface area contributed by atoms with E-state index < -0.39 is 17.6 Å². The van der Waals surface area contributed by atoms with Gasteiger partial charge in [0.2, 0.25) is 5.88 Å². The number of aromatic carboxylic acids is 1. The van der Waals surface area contributed by atoms with E-state index in [1.165, 1.54) is 12.1 Å². The van der Waals surface area contributed by atoms with E-state index in [-0.39, 0.29) is 42.0 Å². The average molecular weight is 612 g/mol. The number of carboxylic acids is 1. The Morgan fingerprint density at radius 1 is 0.956 bits per heavy atom. The second kappa shape index (κ2) is 11.9. The predicted molar refractivity (Wildman–Crippen MR) is 164 cm³/mol. The summed E-state index contributed by atoms with van der Waals surface area (Å²) in [6, 6.07) is 19.5. The summed E-state index contributed by atoms with van der Waals surface area (Å²) in [5.41, 5.74) is 3.99. The molecule has 2 aliphatic heterocycles. The summed E-state index contributed by atoms with van der Waals surface area (Å²) < 4.78 is 41.6. The van der Waals surface area contributed by atoms with Crippen LogP contribution >= 0.6 is 0 Å². The van der Waals surface area contributed by atoms with Crippen LogP contribution in [-0.4, -0.2) is 47.3 Å². The summed E-state index contributed by atoms with van der Waals surface area (Å²) in [4.78, 5) is 30.4. The van der Waals surface area contributed by atoms with E-state index in [1.54, 1.807) is 60.7 Å². The maximum atomic E-state index is 15.5. The smallest absolute Gasteiger partial charge is 0.335 e. The summed E-state index contributed by atoms with van der Waals surface area (Å²) in [5.74, 6) is -1.65. The number of nitrogens with one attached hydrogen (secondary N) is 1. The highest BCUT2D eigenvalue weighted by Gasteiger charge is 2.34. The first-order chi connectivity index (χ1) is 21.8. The Labute approximate surface area is 258 Å². The number of anilines is 2. The van der Waals surface area contributed by atoms with E-state index in [1.807, 2.05) is 0 Å². The fourth-order valence-corrected chi connectivity index (χ4v) is 5.77. The van der Waals surface area contributed by atoms with Gasteiger partial charge >= 0.3 is 5.97 Å². The number of ether oxygens (including phenoxy) is 2. The third-order valence-corrected chi connectivity index (χ3v) is 8.59. The number of fused-ring (bicyclic) bond motifs is 1. The summed E-state index contributed by atoms with van der Waals surface area (Å²) in [5, 5.41) is 12.9. The summed E-state index contributed by atoms with van der Waals surface area (Å²) in [6.45, 7) is 1.19. The van der Waals surface area contributed by atoms with Gasteiger partial charge in [0.25, 0.3) is 0 Å². The van der Waals surface area contributed by atoms with Crippen LogP contribution < -0.4 is 15.0 Å². The van der Waals surface area contributed by atoms with Crippen molar-refractivity contribution in [2.24, 2.45) is 5.92 Å². The number of Topliss-reactive ketones (excluding diaryl/α,β-unsaturated/α-hetero) is 1. The number of carboxylic acid groups (broad SMARTS) is 1. The molecule has 2 N–H and O–H groups in total. The van der Waals surface area contributed by atoms with Crippen molar-refractivity contribution in [1.29, 1.82) is 0 Å². The van der Waals surface area contributed by atoms with Crippen molar-refractivity contribution in [3.8, 4) is 17.1 Å². The first-order valence-electron chi connectivity index (χ1n) is 15.1. The topological polar surface area (TPSA) is 101 Å². The molecule has 3 aliphatic rings. The molecule has 0 radical (unpaired) electrons. The van der Waals surface area contributed by atoms with E-state index in [0.717, 1.165) is 30.6 Å².